The van der Waals surface area contributed by atoms with Gasteiger partial charge < -0.3 is 20.7 Å². The van der Waals surface area contributed by atoms with Crippen molar-refractivity contribution < 1.29 is 18.3 Å². The SMILES string of the molecule is CN=C(NCC(C)c1ccc(F)c(F)c1)NC1CCC(NC(=O)OC(C)(C)C)CC1. The third-order valence-electron chi connectivity index (χ3n) is 5.10. The van der Waals surface area contributed by atoms with E-state index in [4.69, 9.17) is 4.74 Å². The summed E-state index contributed by atoms with van der Waals surface area (Å²) in [6.07, 6.45) is 3.15. The molecule has 1 aromatic rings. The van der Waals surface area contributed by atoms with Gasteiger partial charge in [0.1, 0.15) is 5.60 Å². The van der Waals surface area contributed by atoms with E-state index >= 15 is 0 Å². The maximum absolute atomic E-state index is 13.4. The third kappa shape index (κ3) is 7.80. The highest BCUT2D eigenvalue weighted by atomic mass is 19.2. The molecule has 3 N–H and O–H groups in total. The number of guanidine groups is 1. The molecule has 2 rings (SSSR count). The van der Waals surface area contributed by atoms with Crippen LogP contribution < -0.4 is 16.0 Å². The predicted octanol–water partition coefficient (Wildman–Crippen LogP) is 4.07. The zero-order valence-corrected chi connectivity index (χ0v) is 18.5. The van der Waals surface area contributed by atoms with Crippen LogP contribution >= 0.6 is 0 Å². The Morgan fingerprint density at radius 1 is 1.13 bits per heavy atom. The normalized spacial score (nSPS) is 21.0. The van der Waals surface area contributed by atoms with Crippen molar-refractivity contribution in [2.75, 3.05) is 13.6 Å². The van der Waals surface area contributed by atoms with Crippen molar-refractivity contribution >= 4 is 12.1 Å². The Hall–Kier alpha value is -2.38. The van der Waals surface area contributed by atoms with E-state index in [-0.39, 0.29) is 24.1 Å². The summed E-state index contributed by atoms with van der Waals surface area (Å²) in [6, 6.07) is 4.35. The van der Waals surface area contributed by atoms with E-state index in [2.05, 4.69) is 20.9 Å². The van der Waals surface area contributed by atoms with Gasteiger partial charge in [0.2, 0.25) is 0 Å². The number of aliphatic imine (C=N–C) groups is 1. The van der Waals surface area contributed by atoms with Crippen LogP contribution in [0.2, 0.25) is 0 Å². The molecule has 30 heavy (non-hydrogen) atoms. The van der Waals surface area contributed by atoms with Gasteiger partial charge in [0.05, 0.1) is 0 Å². The lowest BCUT2D eigenvalue weighted by Crippen LogP contribution is -2.48. The van der Waals surface area contributed by atoms with E-state index in [0.29, 0.717) is 12.5 Å². The van der Waals surface area contributed by atoms with E-state index < -0.39 is 17.2 Å². The Bertz CT molecular complexity index is 741. The Balaban J connectivity index is 1.75. The second kappa shape index (κ2) is 10.6. The van der Waals surface area contributed by atoms with E-state index in [1.165, 1.54) is 6.07 Å². The van der Waals surface area contributed by atoms with E-state index in [9.17, 15) is 13.6 Å². The van der Waals surface area contributed by atoms with Gasteiger partial charge >= 0.3 is 6.09 Å². The van der Waals surface area contributed by atoms with E-state index in [1.54, 1.807) is 13.1 Å². The lowest BCUT2D eigenvalue weighted by molar-refractivity contribution is 0.0490. The summed E-state index contributed by atoms with van der Waals surface area (Å²) in [6.45, 7) is 8.03. The van der Waals surface area contributed by atoms with Crippen molar-refractivity contribution in [2.24, 2.45) is 4.99 Å². The number of hydrogen-bond acceptors (Lipinski definition) is 3. The number of alkyl carbamates (subject to hydrolysis) is 1. The molecule has 6 nitrogen and oxygen atoms in total. The maximum atomic E-state index is 13.4. The Morgan fingerprint density at radius 3 is 2.27 bits per heavy atom. The van der Waals surface area contributed by atoms with Gasteiger partial charge in [-0.25, -0.2) is 13.6 Å². The minimum absolute atomic E-state index is 0.00702. The molecule has 168 valence electrons. The van der Waals surface area contributed by atoms with Gasteiger partial charge in [0, 0.05) is 25.7 Å². The van der Waals surface area contributed by atoms with Crippen LogP contribution in [-0.4, -0.2) is 43.3 Å². The van der Waals surface area contributed by atoms with E-state index in [1.807, 2.05) is 27.7 Å². The average Bonchev–Trinajstić information content (AvgIpc) is 2.66. The molecule has 1 aromatic carbocycles. The van der Waals surface area contributed by atoms with Crippen LogP contribution in [0.5, 0.6) is 0 Å². The number of ether oxygens (including phenoxy) is 1. The topological polar surface area (TPSA) is 74.8 Å². The molecule has 8 heteroatoms. The van der Waals surface area contributed by atoms with Crippen LogP contribution in [0.3, 0.4) is 0 Å². The molecule has 0 bridgehead atoms. The molecule has 0 aromatic heterocycles. The van der Waals surface area contributed by atoms with Crippen LogP contribution in [-0.2, 0) is 4.74 Å². The number of benzene rings is 1. The number of nitrogens with zero attached hydrogens (tertiary/aromatic N) is 1. The molecular weight excluding hydrogens is 390 g/mol. The molecule has 1 aliphatic carbocycles. The van der Waals surface area contributed by atoms with Gasteiger partial charge in [-0.15, -0.1) is 0 Å². The zero-order chi connectivity index (χ0) is 22.3. The van der Waals surface area contributed by atoms with Crippen molar-refractivity contribution in [1.29, 1.82) is 0 Å². The van der Waals surface area contributed by atoms with Gasteiger partial charge in [0.25, 0.3) is 0 Å². The summed E-state index contributed by atoms with van der Waals surface area (Å²) >= 11 is 0. The lowest BCUT2D eigenvalue weighted by atomic mass is 9.91. The summed E-state index contributed by atoms with van der Waals surface area (Å²) in [5.74, 6) is -1.01. The quantitative estimate of drug-likeness (QED) is 0.492. The first-order chi connectivity index (χ1) is 14.1. The highest BCUT2D eigenvalue weighted by Crippen LogP contribution is 2.20. The van der Waals surface area contributed by atoms with Crippen molar-refractivity contribution in [3.8, 4) is 0 Å². The molecule has 1 fully saturated rings. The highest BCUT2D eigenvalue weighted by Gasteiger charge is 2.25. The van der Waals surface area contributed by atoms with Gasteiger partial charge in [-0.05, 0) is 70.1 Å². The van der Waals surface area contributed by atoms with Crippen molar-refractivity contribution in [3.05, 3.63) is 35.4 Å². The molecule has 0 spiro atoms. The number of carbonyl (C=O) groups excluding carboxylic acids is 1. The Labute approximate surface area is 177 Å². The number of amides is 1. The van der Waals surface area contributed by atoms with Gasteiger partial charge in [-0.1, -0.05) is 13.0 Å². The maximum Gasteiger partial charge on any atom is 0.407 e. The summed E-state index contributed by atoms with van der Waals surface area (Å²) in [7, 11) is 1.70. The largest absolute Gasteiger partial charge is 0.444 e. The molecule has 1 saturated carbocycles. The molecule has 0 aliphatic heterocycles. The molecule has 1 atom stereocenters. The summed E-state index contributed by atoms with van der Waals surface area (Å²) in [5.41, 5.74) is 0.225. The Morgan fingerprint density at radius 2 is 1.73 bits per heavy atom. The number of hydrogen-bond donors (Lipinski definition) is 3. The summed E-state index contributed by atoms with van der Waals surface area (Å²) in [4.78, 5) is 16.2. The smallest absolute Gasteiger partial charge is 0.407 e. The second-order valence-corrected chi connectivity index (χ2v) is 8.87. The number of rotatable bonds is 5. The van der Waals surface area contributed by atoms with Crippen LogP contribution in [0.4, 0.5) is 13.6 Å². The lowest BCUT2D eigenvalue weighted by Gasteiger charge is -2.31. The molecule has 1 amide bonds. The molecule has 1 unspecified atom stereocenters. The van der Waals surface area contributed by atoms with Crippen molar-refractivity contribution in [3.63, 3.8) is 0 Å². The predicted molar refractivity (Wildman–Crippen MR) is 115 cm³/mol. The number of halogens is 2. The molecule has 0 radical (unpaired) electrons. The van der Waals surface area contributed by atoms with Crippen molar-refractivity contribution in [2.45, 2.75) is 77.0 Å². The Kier molecular flexibility index (Phi) is 8.43. The van der Waals surface area contributed by atoms with Crippen LogP contribution in [0.15, 0.2) is 23.2 Å². The molecule has 0 saturated heterocycles. The minimum atomic E-state index is -0.840. The second-order valence-electron chi connectivity index (χ2n) is 8.87. The first-order valence-corrected chi connectivity index (χ1v) is 10.5. The summed E-state index contributed by atoms with van der Waals surface area (Å²) in [5, 5.41) is 9.59. The van der Waals surface area contributed by atoms with Gasteiger partial charge in [-0.3, -0.25) is 4.99 Å². The fraction of sp³-hybridized carbons (Fsp3) is 0.636. The van der Waals surface area contributed by atoms with Crippen LogP contribution in [0, 0.1) is 11.6 Å². The first-order valence-electron chi connectivity index (χ1n) is 10.5. The van der Waals surface area contributed by atoms with E-state index in [0.717, 1.165) is 37.3 Å². The van der Waals surface area contributed by atoms with Gasteiger partial charge in [0.15, 0.2) is 17.6 Å². The van der Waals surface area contributed by atoms with Crippen LogP contribution in [0.25, 0.3) is 0 Å². The monoisotopic (exact) mass is 424 g/mol. The molecule has 1 aliphatic rings. The fourth-order valence-corrected chi connectivity index (χ4v) is 3.43. The number of nitrogens with one attached hydrogen (secondary N) is 3. The average molecular weight is 425 g/mol. The van der Waals surface area contributed by atoms with Gasteiger partial charge in [-0.2, -0.15) is 0 Å². The van der Waals surface area contributed by atoms with Crippen LogP contribution in [0.1, 0.15) is 64.9 Å². The third-order valence-corrected chi connectivity index (χ3v) is 5.10. The fourth-order valence-electron chi connectivity index (χ4n) is 3.43. The summed E-state index contributed by atoms with van der Waals surface area (Å²) < 4.78 is 31.9. The molecular formula is C22H34F2N4O2. The standard InChI is InChI=1S/C22H34F2N4O2/c1-14(15-6-11-18(23)19(24)12-15)13-26-20(25-5)27-16-7-9-17(10-8-16)28-21(29)30-22(2,3)4/h6,11-12,14,16-17H,7-10,13H2,1-5H3,(H,28,29)(H2,25,26,27). The number of carbonyl (C=O) groups is 1. The molecule has 0 heterocycles. The highest BCUT2D eigenvalue weighted by molar-refractivity contribution is 5.80. The van der Waals surface area contributed by atoms with Crippen molar-refractivity contribution in [1.82, 2.24) is 16.0 Å². The first kappa shape index (κ1) is 23.9. The minimum Gasteiger partial charge on any atom is -0.444 e. The zero-order valence-electron chi connectivity index (χ0n) is 18.5.